The Morgan fingerprint density at radius 2 is 1.88 bits per heavy atom. The van der Waals surface area contributed by atoms with Crippen LogP contribution < -0.4 is 5.32 Å². The number of thiophene rings is 1. The molecule has 4 rings (SSSR count). The number of nitrogens with one attached hydrogen (secondary N) is 1. The van der Waals surface area contributed by atoms with Crippen molar-refractivity contribution in [2.24, 2.45) is 0 Å². The van der Waals surface area contributed by atoms with E-state index in [2.05, 4.69) is 15.5 Å². The van der Waals surface area contributed by atoms with Crippen LogP contribution in [0.5, 0.6) is 0 Å². The molecule has 0 spiro atoms. The van der Waals surface area contributed by atoms with Gasteiger partial charge in [-0.3, -0.25) is 10.1 Å². The number of carbonyl (C=O) groups excluding carboxylic acids is 1. The summed E-state index contributed by atoms with van der Waals surface area (Å²) in [5, 5.41) is 10.2. The molecule has 1 aliphatic rings. The van der Waals surface area contributed by atoms with E-state index >= 15 is 0 Å². The fourth-order valence-electron chi connectivity index (χ4n) is 3.95. The SMILES string of the molecule is CCN(C1CCCCC1)S(=O)(=O)c1ccc(C(=O)Nc2nnc(-c3cc(Cl)sc3Cl)o2)cc1. The van der Waals surface area contributed by atoms with Crippen LogP contribution in [0.2, 0.25) is 8.67 Å². The van der Waals surface area contributed by atoms with Crippen LogP contribution in [0.25, 0.3) is 11.5 Å². The first kappa shape index (κ1) is 24.2. The highest BCUT2D eigenvalue weighted by atomic mass is 35.5. The minimum atomic E-state index is -3.64. The number of nitrogens with zero attached hydrogens (tertiary/aromatic N) is 3. The molecule has 1 fully saturated rings. The average molecular weight is 529 g/mol. The van der Waals surface area contributed by atoms with Gasteiger partial charge in [0.05, 0.1) is 14.8 Å². The summed E-state index contributed by atoms with van der Waals surface area (Å²) < 4.78 is 34.2. The lowest BCUT2D eigenvalue weighted by Gasteiger charge is -2.32. The number of rotatable bonds is 7. The molecule has 0 bridgehead atoms. The maximum Gasteiger partial charge on any atom is 0.322 e. The number of anilines is 1. The van der Waals surface area contributed by atoms with Gasteiger partial charge >= 0.3 is 6.01 Å². The summed E-state index contributed by atoms with van der Waals surface area (Å²) in [4.78, 5) is 12.7. The fraction of sp³-hybridized carbons (Fsp3) is 0.381. The molecule has 1 amide bonds. The number of carbonyl (C=O) groups is 1. The Morgan fingerprint density at radius 1 is 1.18 bits per heavy atom. The lowest BCUT2D eigenvalue weighted by molar-refractivity contribution is 0.102. The monoisotopic (exact) mass is 528 g/mol. The first-order valence-corrected chi connectivity index (χ1v) is 13.5. The summed E-state index contributed by atoms with van der Waals surface area (Å²) in [6, 6.07) is 7.33. The number of hydrogen-bond acceptors (Lipinski definition) is 7. The topological polar surface area (TPSA) is 105 Å². The zero-order chi connectivity index (χ0) is 23.6. The minimum Gasteiger partial charge on any atom is -0.403 e. The quantitative estimate of drug-likeness (QED) is 0.421. The number of benzene rings is 1. The van der Waals surface area contributed by atoms with Crippen molar-refractivity contribution in [2.45, 2.75) is 50.0 Å². The smallest absolute Gasteiger partial charge is 0.322 e. The van der Waals surface area contributed by atoms with E-state index < -0.39 is 15.9 Å². The van der Waals surface area contributed by atoms with E-state index in [1.54, 1.807) is 10.4 Å². The molecular weight excluding hydrogens is 507 g/mol. The summed E-state index contributed by atoms with van der Waals surface area (Å²) in [6.07, 6.45) is 4.98. The fourth-order valence-corrected chi connectivity index (χ4v) is 7.09. The van der Waals surface area contributed by atoms with Crippen LogP contribution in [0.1, 0.15) is 49.4 Å². The average Bonchev–Trinajstić information content (AvgIpc) is 3.40. The molecule has 0 saturated heterocycles. The molecule has 0 radical (unpaired) electrons. The van der Waals surface area contributed by atoms with Crippen molar-refractivity contribution in [2.75, 3.05) is 11.9 Å². The Labute approximate surface area is 206 Å². The molecule has 2 aromatic heterocycles. The maximum absolute atomic E-state index is 13.2. The third-order valence-corrected chi connectivity index (χ3v) is 9.08. The second kappa shape index (κ2) is 10.1. The van der Waals surface area contributed by atoms with Gasteiger partial charge in [-0.05, 0) is 43.2 Å². The largest absolute Gasteiger partial charge is 0.403 e. The zero-order valence-corrected chi connectivity index (χ0v) is 20.9. The molecule has 8 nitrogen and oxygen atoms in total. The van der Waals surface area contributed by atoms with Crippen LogP contribution in [-0.2, 0) is 10.0 Å². The third kappa shape index (κ3) is 5.25. The normalized spacial score (nSPS) is 15.2. The van der Waals surface area contributed by atoms with Crippen molar-refractivity contribution < 1.29 is 17.6 Å². The summed E-state index contributed by atoms with van der Waals surface area (Å²) in [6.45, 7) is 2.26. The van der Waals surface area contributed by atoms with E-state index in [9.17, 15) is 13.2 Å². The summed E-state index contributed by atoms with van der Waals surface area (Å²) >= 11 is 13.2. The van der Waals surface area contributed by atoms with Crippen molar-refractivity contribution >= 4 is 56.5 Å². The van der Waals surface area contributed by atoms with Crippen LogP contribution in [-0.4, -0.2) is 41.4 Å². The van der Waals surface area contributed by atoms with Crippen molar-refractivity contribution in [3.63, 3.8) is 0 Å². The van der Waals surface area contributed by atoms with Gasteiger partial charge in [0.2, 0.25) is 10.0 Å². The predicted molar refractivity (Wildman–Crippen MR) is 128 cm³/mol. The molecule has 2 heterocycles. The molecule has 33 heavy (non-hydrogen) atoms. The van der Waals surface area contributed by atoms with Crippen molar-refractivity contribution in [3.8, 4) is 11.5 Å². The van der Waals surface area contributed by atoms with Gasteiger partial charge in [-0.25, -0.2) is 8.42 Å². The first-order chi connectivity index (χ1) is 15.8. The van der Waals surface area contributed by atoms with Crippen molar-refractivity contribution in [1.82, 2.24) is 14.5 Å². The minimum absolute atomic E-state index is 0.0232. The number of sulfonamides is 1. The van der Waals surface area contributed by atoms with E-state index in [0.29, 0.717) is 20.8 Å². The highest BCUT2D eigenvalue weighted by molar-refractivity contribution is 7.89. The molecule has 176 valence electrons. The molecule has 0 unspecified atom stereocenters. The second-order valence-electron chi connectivity index (χ2n) is 7.63. The highest BCUT2D eigenvalue weighted by Crippen LogP contribution is 2.37. The van der Waals surface area contributed by atoms with Crippen molar-refractivity contribution in [3.05, 3.63) is 44.6 Å². The molecule has 0 aliphatic heterocycles. The number of halogens is 2. The summed E-state index contributed by atoms with van der Waals surface area (Å²) in [5.41, 5.74) is 0.735. The van der Waals surface area contributed by atoms with Gasteiger partial charge in [-0.2, -0.15) is 4.31 Å². The Kier molecular flexibility index (Phi) is 7.40. The molecule has 0 atom stereocenters. The summed E-state index contributed by atoms with van der Waals surface area (Å²) in [7, 11) is -3.64. The van der Waals surface area contributed by atoms with Gasteiger partial charge < -0.3 is 4.42 Å². The van der Waals surface area contributed by atoms with E-state index in [0.717, 1.165) is 43.4 Å². The molecule has 1 N–H and O–H groups in total. The standard InChI is InChI=1S/C21H22Cl2N4O4S2/c1-2-27(14-6-4-3-5-7-14)33(29,30)15-10-8-13(9-11-15)19(28)24-21-26-25-20(31-21)16-12-17(22)32-18(16)23/h8-12,14H,2-7H2,1H3,(H,24,26,28). The van der Waals surface area contributed by atoms with E-state index in [1.165, 1.54) is 24.3 Å². The van der Waals surface area contributed by atoms with Gasteiger partial charge in [0.1, 0.15) is 4.34 Å². The molecular formula is C21H22Cl2N4O4S2. The second-order valence-corrected chi connectivity index (χ2v) is 11.8. The van der Waals surface area contributed by atoms with Crippen LogP contribution in [0.4, 0.5) is 6.01 Å². The van der Waals surface area contributed by atoms with Gasteiger partial charge in [-0.1, -0.05) is 54.5 Å². The molecule has 12 heteroatoms. The Balaban J connectivity index is 1.46. The Hall–Kier alpha value is -1.98. The molecule has 1 aromatic carbocycles. The van der Waals surface area contributed by atoms with Crippen LogP contribution in [0.15, 0.2) is 39.6 Å². The van der Waals surface area contributed by atoms with Gasteiger partial charge in [0.15, 0.2) is 0 Å². The Bertz CT molecular complexity index is 1240. The lowest BCUT2D eigenvalue weighted by Crippen LogP contribution is -2.41. The molecule has 1 saturated carbocycles. The van der Waals surface area contributed by atoms with E-state index in [1.807, 2.05) is 6.92 Å². The van der Waals surface area contributed by atoms with Gasteiger partial charge in [0, 0.05) is 18.2 Å². The van der Waals surface area contributed by atoms with Gasteiger partial charge in [-0.15, -0.1) is 16.4 Å². The van der Waals surface area contributed by atoms with Crippen LogP contribution >= 0.6 is 34.5 Å². The summed E-state index contributed by atoms with van der Waals surface area (Å²) in [5.74, 6) is -0.384. The van der Waals surface area contributed by atoms with Gasteiger partial charge in [0.25, 0.3) is 11.8 Å². The number of aromatic nitrogens is 2. The van der Waals surface area contributed by atoms with E-state index in [-0.39, 0.29) is 28.4 Å². The molecule has 3 aromatic rings. The molecule has 1 aliphatic carbocycles. The number of amides is 1. The first-order valence-electron chi connectivity index (χ1n) is 10.5. The van der Waals surface area contributed by atoms with E-state index in [4.69, 9.17) is 27.6 Å². The predicted octanol–water partition coefficient (Wildman–Crippen LogP) is 5.70. The van der Waals surface area contributed by atoms with Crippen molar-refractivity contribution in [1.29, 1.82) is 0 Å². The third-order valence-electron chi connectivity index (χ3n) is 5.55. The zero-order valence-electron chi connectivity index (χ0n) is 17.8. The highest BCUT2D eigenvalue weighted by Gasteiger charge is 2.31. The van der Waals surface area contributed by atoms with Crippen LogP contribution in [0, 0.1) is 0 Å². The number of hydrogen-bond donors (Lipinski definition) is 1. The van der Waals surface area contributed by atoms with Crippen LogP contribution in [0.3, 0.4) is 0 Å². The lowest BCUT2D eigenvalue weighted by atomic mass is 9.95. The maximum atomic E-state index is 13.2. The Morgan fingerprint density at radius 3 is 2.48 bits per heavy atom.